The minimum absolute atomic E-state index is 0.0376. The predicted molar refractivity (Wildman–Crippen MR) is 107 cm³/mol. The van der Waals surface area contributed by atoms with Crippen LogP contribution in [0, 0.1) is 0 Å². The van der Waals surface area contributed by atoms with Gasteiger partial charge >= 0.3 is 0 Å². The number of phenols is 1. The Labute approximate surface area is 164 Å². The topological polar surface area (TPSA) is 37.6 Å². The highest BCUT2D eigenvalue weighted by Crippen LogP contribution is 2.37. The molecule has 0 spiro atoms. The number of phenolic OH excluding ortho intramolecular Hbond substituents is 1. The van der Waals surface area contributed by atoms with Crippen molar-refractivity contribution in [2.24, 2.45) is 0 Å². The largest absolute Gasteiger partial charge is 0.504 e. The van der Waals surface area contributed by atoms with Crippen LogP contribution in [0.1, 0.15) is 29.3 Å². The molecule has 4 rings (SSSR count). The summed E-state index contributed by atoms with van der Waals surface area (Å²) in [4.78, 5) is 2.43. The van der Waals surface area contributed by atoms with E-state index in [4.69, 9.17) is 16.3 Å². The Hall–Kier alpha value is -2.43. The standard InChI is InChI=1S/C22H23ClN2O2/c1-27-21-10-9-16(14-20(21)26)22-19-8-4-11-24(19)12-5-13-25(22)15-17-6-2-3-7-18(17)23/h2-4,6-11,14,22,26H,5,12-13,15H2,1H3. The third-order valence-electron chi connectivity index (χ3n) is 5.20. The minimum atomic E-state index is 0.0376. The van der Waals surface area contributed by atoms with Crippen LogP contribution in [-0.4, -0.2) is 28.2 Å². The van der Waals surface area contributed by atoms with Gasteiger partial charge in [0.2, 0.25) is 0 Å². The van der Waals surface area contributed by atoms with E-state index in [0.29, 0.717) is 5.75 Å². The summed E-state index contributed by atoms with van der Waals surface area (Å²) in [6.45, 7) is 2.69. The molecule has 1 unspecified atom stereocenters. The third-order valence-corrected chi connectivity index (χ3v) is 5.57. The van der Waals surface area contributed by atoms with Crippen molar-refractivity contribution in [2.45, 2.75) is 25.6 Å². The van der Waals surface area contributed by atoms with E-state index >= 15 is 0 Å². The van der Waals surface area contributed by atoms with Gasteiger partial charge in [0.15, 0.2) is 11.5 Å². The summed E-state index contributed by atoms with van der Waals surface area (Å²) in [5.41, 5.74) is 3.38. The average Bonchev–Trinajstić information content (AvgIpc) is 3.05. The Morgan fingerprint density at radius 1 is 1.11 bits per heavy atom. The average molecular weight is 383 g/mol. The molecule has 1 N–H and O–H groups in total. The van der Waals surface area contributed by atoms with Gasteiger partial charge in [0, 0.05) is 36.5 Å². The molecule has 2 aromatic carbocycles. The fourth-order valence-corrected chi connectivity index (χ4v) is 4.11. The lowest BCUT2D eigenvalue weighted by molar-refractivity contribution is 0.220. The molecule has 0 saturated carbocycles. The molecule has 4 nitrogen and oxygen atoms in total. The maximum absolute atomic E-state index is 10.3. The maximum Gasteiger partial charge on any atom is 0.160 e. The van der Waals surface area contributed by atoms with Gasteiger partial charge in [0.05, 0.1) is 13.2 Å². The predicted octanol–water partition coefficient (Wildman–Crippen LogP) is 4.85. The SMILES string of the molecule is COc1ccc(C2c3cccn3CCCN2Cc2ccccc2Cl)cc1O. The number of ether oxygens (including phenoxy) is 1. The first-order valence-corrected chi connectivity index (χ1v) is 9.54. The molecule has 1 atom stereocenters. The number of aryl methyl sites for hydroxylation is 1. The molecule has 140 valence electrons. The van der Waals surface area contributed by atoms with Crippen molar-refractivity contribution in [3.05, 3.63) is 82.6 Å². The molecule has 0 amide bonds. The quantitative estimate of drug-likeness (QED) is 0.700. The normalized spacial score (nSPS) is 17.3. The van der Waals surface area contributed by atoms with Crippen molar-refractivity contribution in [3.8, 4) is 11.5 Å². The van der Waals surface area contributed by atoms with Crippen LogP contribution in [0.25, 0.3) is 0 Å². The lowest BCUT2D eigenvalue weighted by atomic mass is 10.0. The third kappa shape index (κ3) is 3.55. The van der Waals surface area contributed by atoms with Crippen molar-refractivity contribution in [2.75, 3.05) is 13.7 Å². The smallest absolute Gasteiger partial charge is 0.160 e. The van der Waals surface area contributed by atoms with E-state index in [-0.39, 0.29) is 11.8 Å². The Morgan fingerprint density at radius 2 is 1.96 bits per heavy atom. The van der Waals surface area contributed by atoms with Crippen molar-refractivity contribution in [1.29, 1.82) is 0 Å². The number of aromatic nitrogens is 1. The second-order valence-corrected chi connectivity index (χ2v) is 7.28. The van der Waals surface area contributed by atoms with E-state index in [1.165, 1.54) is 5.69 Å². The molecule has 0 bridgehead atoms. The second kappa shape index (κ2) is 7.67. The molecule has 5 heteroatoms. The molecule has 2 heterocycles. The number of aromatic hydroxyl groups is 1. The van der Waals surface area contributed by atoms with Crippen LogP contribution in [0.5, 0.6) is 11.5 Å². The van der Waals surface area contributed by atoms with Gasteiger partial charge in [-0.05, 0) is 47.9 Å². The van der Waals surface area contributed by atoms with E-state index in [1.54, 1.807) is 7.11 Å². The van der Waals surface area contributed by atoms with Crippen molar-refractivity contribution < 1.29 is 9.84 Å². The zero-order valence-corrected chi connectivity index (χ0v) is 16.1. The Bertz CT molecular complexity index is 938. The zero-order valence-electron chi connectivity index (χ0n) is 15.3. The number of fused-ring (bicyclic) bond motifs is 1. The maximum atomic E-state index is 10.3. The van der Waals surface area contributed by atoms with E-state index in [0.717, 1.165) is 42.2 Å². The minimum Gasteiger partial charge on any atom is -0.504 e. The van der Waals surface area contributed by atoms with Crippen molar-refractivity contribution in [1.82, 2.24) is 9.47 Å². The summed E-state index contributed by atoms with van der Waals surface area (Å²) in [6, 6.07) is 18.0. The summed E-state index contributed by atoms with van der Waals surface area (Å²) in [5.74, 6) is 0.649. The lowest BCUT2D eigenvalue weighted by Crippen LogP contribution is -2.29. The van der Waals surface area contributed by atoms with Gasteiger partial charge in [-0.1, -0.05) is 35.9 Å². The molecule has 1 aliphatic rings. The lowest BCUT2D eigenvalue weighted by Gasteiger charge is -2.31. The molecule has 0 radical (unpaired) electrons. The van der Waals surface area contributed by atoms with E-state index in [1.807, 2.05) is 36.4 Å². The number of halogens is 1. The summed E-state index contributed by atoms with van der Waals surface area (Å²) < 4.78 is 7.52. The van der Waals surface area contributed by atoms with E-state index in [9.17, 15) is 5.11 Å². The van der Waals surface area contributed by atoms with Crippen molar-refractivity contribution in [3.63, 3.8) is 0 Å². The van der Waals surface area contributed by atoms with Crippen molar-refractivity contribution >= 4 is 11.6 Å². The van der Waals surface area contributed by atoms with Crippen LogP contribution in [0.3, 0.4) is 0 Å². The number of hydrogen-bond acceptors (Lipinski definition) is 3. The van der Waals surface area contributed by atoms with Gasteiger partial charge in [0.1, 0.15) is 0 Å². The monoisotopic (exact) mass is 382 g/mol. The summed E-state index contributed by atoms with van der Waals surface area (Å²) in [6.07, 6.45) is 3.19. The van der Waals surface area contributed by atoms with Gasteiger partial charge in [0.25, 0.3) is 0 Å². The molecular weight excluding hydrogens is 360 g/mol. The zero-order chi connectivity index (χ0) is 18.8. The first kappa shape index (κ1) is 18.0. The summed E-state index contributed by atoms with van der Waals surface area (Å²) in [7, 11) is 1.56. The molecule has 0 fully saturated rings. The fraction of sp³-hybridized carbons (Fsp3) is 0.273. The number of benzene rings is 2. The summed E-state index contributed by atoms with van der Waals surface area (Å²) in [5, 5.41) is 11.1. The number of rotatable bonds is 4. The number of methoxy groups -OCH3 is 1. The van der Waals surface area contributed by atoms with Crippen LogP contribution in [0.2, 0.25) is 5.02 Å². The van der Waals surface area contributed by atoms with Gasteiger partial charge < -0.3 is 14.4 Å². The number of hydrogen-bond donors (Lipinski definition) is 1. The van der Waals surface area contributed by atoms with Gasteiger partial charge in [-0.2, -0.15) is 0 Å². The Balaban J connectivity index is 1.77. The Morgan fingerprint density at radius 3 is 2.74 bits per heavy atom. The fourth-order valence-electron chi connectivity index (χ4n) is 3.91. The first-order chi connectivity index (χ1) is 13.2. The van der Waals surface area contributed by atoms with E-state index < -0.39 is 0 Å². The molecule has 0 saturated heterocycles. The molecule has 1 aliphatic heterocycles. The number of nitrogens with zero attached hydrogens (tertiary/aromatic N) is 2. The molecule has 1 aromatic heterocycles. The van der Waals surface area contributed by atoms with Crippen LogP contribution >= 0.6 is 11.6 Å². The van der Waals surface area contributed by atoms with Gasteiger partial charge in [-0.15, -0.1) is 0 Å². The van der Waals surface area contributed by atoms with Gasteiger partial charge in [-0.25, -0.2) is 0 Å². The molecule has 27 heavy (non-hydrogen) atoms. The van der Waals surface area contributed by atoms with E-state index in [2.05, 4.69) is 33.9 Å². The van der Waals surface area contributed by atoms with Crippen LogP contribution in [0.4, 0.5) is 0 Å². The van der Waals surface area contributed by atoms with Crippen LogP contribution < -0.4 is 4.74 Å². The molecule has 0 aliphatic carbocycles. The first-order valence-electron chi connectivity index (χ1n) is 9.17. The molecule has 3 aromatic rings. The van der Waals surface area contributed by atoms with Crippen LogP contribution in [0.15, 0.2) is 60.8 Å². The Kier molecular flexibility index (Phi) is 5.10. The van der Waals surface area contributed by atoms with Crippen LogP contribution in [-0.2, 0) is 13.1 Å². The summed E-state index contributed by atoms with van der Waals surface area (Å²) >= 11 is 6.43. The van der Waals surface area contributed by atoms with Gasteiger partial charge in [-0.3, -0.25) is 4.90 Å². The highest BCUT2D eigenvalue weighted by molar-refractivity contribution is 6.31. The second-order valence-electron chi connectivity index (χ2n) is 6.88. The molecular formula is C22H23ClN2O2. The highest BCUT2D eigenvalue weighted by atomic mass is 35.5. The highest BCUT2D eigenvalue weighted by Gasteiger charge is 2.28.